The van der Waals surface area contributed by atoms with Crippen LogP contribution in [0.3, 0.4) is 0 Å². The second kappa shape index (κ2) is 7.57. The van der Waals surface area contributed by atoms with Gasteiger partial charge in [0.15, 0.2) is 0 Å². The Bertz CT molecular complexity index is 814. The van der Waals surface area contributed by atoms with Crippen molar-refractivity contribution in [2.75, 3.05) is 13.7 Å². The van der Waals surface area contributed by atoms with Crippen LogP contribution in [0, 0.1) is 6.92 Å². The molecule has 132 valence electrons. The highest BCUT2D eigenvalue weighted by atomic mass is 16.5. The summed E-state index contributed by atoms with van der Waals surface area (Å²) in [6.45, 7) is 2.88. The van der Waals surface area contributed by atoms with Crippen LogP contribution >= 0.6 is 0 Å². The molecule has 1 N–H and O–H groups in total. The minimum Gasteiger partial charge on any atom is -0.383 e. The molecule has 1 amide bonds. The normalized spacial score (nSPS) is 16.3. The van der Waals surface area contributed by atoms with Gasteiger partial charge in [-0.05, 0) is 31.7 Å². The lowest BCUT2D eigenvalue weighted by atomic mass is 9.91. The van der Waals surface area contributed by atoms with Crippen molar-refractivity contribution in [3.8, 4) is 0 Å². The largest absolute Gasteiger partial charge is 0.383 e. The average Bonchev–Trinajstić information content (AvgIpc) is 2.61. The van der Waals surface area contributed by atoms with Crippen LogP contribution in [0.5, 0.6) is 0 Å². The number of rotatable bonds is 5. The molecule has 0 spiro atoms. The van der Waals surface area contributed by atoms with Gasteiger partial charge in [0.1, 0.15) is 5.69 Å². The minimum atomic E-state index is -0.214. The van der Waals surface area contributed by atoms with Crippen molar-refractivity contribution < 1.29 is 9.53 Å². The second-order valence-electron chi connectivity index (χ2n) is 6.24. The SMILES string of the molecule is COCCn1c2c(ccc1=O)C[C@H](NC(=O)c1cnc(C)cn1)CC2. The number of pyridine rings is 1. The first-order valence-corrected chi connectivity index (χ1v) is 8.38. The highest BCUT2D eigenvalue weighted by Gasteiger charge is 2.23. The standard InChI is InChI=1S/C18H22N4O3/c1-12-10-20-15(11-19-12)18(24)21-14-4-5-16-13(9-14)3-6-17(23)22(16)7-8-25-2/h3,6,10-11,14H,4-5,7-9H2,1-2H3,(H,21,24)/t14-/m1/s1. The topological polar surface area (TPSA) is 86.1 Å². The number of hydrogen-bond donors (Lipinski definition) is 1. The minimum absolute atomic E-state index is 0.00628. The van der Waals surface area contributed by atoms with Gasteiger partial charge in [-0.15, -0.1) is 0 Å². The Morgan fingerprint density at radius 2 is 2.20 bits per heavy atom. The molecule has 0 radical (unpaired) electrons. The second-order valence-corrected chi connectivity index (χ2v) is 6.24. The van der Waals surface area contributed by atoms with Crippen molar-refractivity contribution in [1.82, 2.24) is 19.9 Å². The predicted octanol–water partition coefficient (Wildman–Crippen LogP) is 0.880. The van der Waals surface area contributed by atoms with Gasteiger partial charge in [0.25, 0.3) is 11.5 Å². The number of nitrogens with zero attached hydrogens (tertiary/aromatic N) is 3. The van der Waals surface area contributed by atoms with Crippen LogP contribution in [-0.2, 0) is 24.1 Å². The summed E-state index contributed by atoms with van der Waals surface area (Å²) in [6, 6.07) is 3.48. The van der Waals surface area contributed by atoms with Crippen LogP contribution in [-0.4, -0.2) is 40.2 Å². The first-order valence-electron chi connectivity index (χ1n) is 8.38. The Kier molecular flexibility index (Phi) is 5.23. The average molecular weight is 342 g/mol. The van der Waals surface area contributed by atoms with E-state index in [9.17, 15) is 9.59 Å². The van der Waals surface area contributed by atoms with Gasteiger partial charge in [0.05, 0.1) is 18.5 Å². The third-order valence-electron chi connectivity index (χ3n) is 4.45. The number of amides is 1. The molecule has 7 heteroatoms. The molecule has 1 atom stereocenters. The number of aryl methyl sites for hydroxylation is 1. The Balaban J connectivity index is 1.72. The van der Waals surface area contributed by atoms with Gasteiger partial charge in [0, 0.05) is 37.7 Å². The molecule has 7 nitrogen and oxygen atoms in total. The van der Waals surface area contributed by atoms with Crippen LogP contribution < -0.4 is 10.9 Å². The fourth-order valence-electron chi connectivity index (χ4n) is 3.14. The van der Waals surface area contributed by atoms with Crippen LogP contribution in [0.15, 0.2) is 29.3 Å². The summed E-state index contributed by atoms with van der Waals surface area (Å²) in [5.41, 5.74) is 3.24. The smallest absolute Gasteiger partial charge is 0.271 e. The first kappa shape index (κ1) is 17.3. The van der Waals surface area contributed by atoms with E-state index in [1.54, 1.807) is 23.9 Å². The monoisotopic (exact) mass is 342 g/mol. The summed E-state index contributed by atoms with van der Waals surface area (Å²) in [6.07, 6.45) is 5.31. The van der Waals surface area contributed by atoms with Gasteiger partial charge in [-0.1, -0.05) is 6.07 Å². The molecule has 0 bridgehead atoms. The van der Waals surface area contributed by atoms with Gasteiger partial charge in [-0.3, -0.25) is 14.6 Å². The summed E-state index contributed by atoms with van der Waals surface area (Å²) < 4.78 is 6.87. The van der Waals surface area contributed by atoms with Crippen molar-refractivity contribution in [3.63, 3.8) is 0 Å². The molecule has 0 saturated carbocycles. The summed E-state index contributed by atoms with van der Waals surface area (Å²) in [4.78, 5) is 32.6. The van der Waals surface area contributed by atoms with E-state index >= 15 is 0 Å². The molecule has 2 aromatic rings. The van der Waals surface area contributed by atoms with Gasteiger partial charge >= 0.3 is 0 Å². The molecular weight excluding hydrogens is 320 g/mol. The molecule has 2 aromatic heterocycles. The van der Waals surface area contributed by atoms with E-state index in [1.165, 1.54) is 6.20 Å². The van der Waals surface area contributed by atoms with Gasteiger partial charge in [-0.2, -0.15) is 0 Å². The molecule has 0 aliphatic heterocycles. The van der Waals surface area contributed by atoms with Gasteiger partial charge in [-0.25, -0.2) is 4.98 Å². The predicted molar refractivity (Wildman–Crippen MR) is 92.6 cm³/mol. The van der Waals surface area contributed by atoms with Crippen molar-refractivity contribution in [1.29, 1.82) is 0 Å². The van der Waals surface area contributed by atoms with Crippen molar-refractivity contribution in [2.24, 2.45) is 0 Å². The molecule has 0 fully saturated rings. The number of aromatic nitrogens is 3. The zero-order valence-electron chi connectivity index (χ0n) is 14.5. The lowest BCUT2D eigenvalue weighted by molar-refractivity contribution is 0.0927. The number of methoxy groups -OCH3 is 1. The molecule has 1 aliphatic carbocycles. The van der Waals surface area contributed by atoms with E-state index in [0.29, 0.717) is 25.3 Å². The highest BCUT2D eigenvalue weighted by Crippen LogP contribution is 2.20. The van der Waals surface area contributed by atoms with Crippen molar-refractivity contribution >= 4 is 5.91 Å². The van der Waals surface area contributed by atoms with Gasteiger partial charge < -0.3 is 14.6 Å². The van der Waals surface area contributed by atoms with Crippen LogP contribution in [0.2, 0.25) is 0 Å². The summed E-state index contributed by atoms with van der Waals surface area (Å²) >= 11 is 0. The number of carbonyl (C=O) groups is 1. The fourth-order valence-corrected chi connectivity index (χ4v) is 3.14. The molecule has 2 heterocycles. The Labute approximate surface area is 146 Å². The molecule has 0 unspecified atom stereocenters. The summed E-state index contributed by atoms with van der Waals surface area (Å²) in [5, 5.41) is 3.02. The van der Waals surface area contributed by atoms with E-state index in [4.69, 9.17) is 4.74 Å². The quantitative estimate of drug-likeness (QED) is 0.872. The maximum absolute atomic E-state index is 12.3. The van der Waals surface area contributed by atoms with E-state index in [-0.39, 0.29) is 17.5 Å². The number of fused-ring (bicyclic) bond motifs is 1. The van der Waals surface area contributed by atoms with E-state index in [2.05, 4.69) is 15.3 Å². The Hall–Kier alpha value is -2.54. The molecule has 0 saturated heterocycles. The molecule has 1 aliphatic rings. The number of ether oxygens (including phenoxy) is 1. The molecule has 3 rings (SSSR count). The first-order chi connectivity index (χ1) is 12.1. The van der Waals surface area contributed by atoms with Crippen LogP contribution in [0.25, 0.3) is 0 Å². The number of nitrogens with one attached hydrogen (secondary N) is 1. The van der Waals surface area contributed by atoms with Crippen LogP contribution in [0.4, 0.5) is 0 Å². The maximum Gasteiger partial charge on any atom is 0.271 e. The van der Waals surface area contributed by atoms with Crippen molar-refractivity contribution in [3.05, 3.63) is 57.5 Å². The lowest BCUT2D eigenvalue weighted by Crippen LogP contribution is -2.41. The molecular formula is C18H22N4O3. The Morgan fingerprint density at radius 3 is 2.92 bits per heavy atom. The summed E-state index contributed by atoms with van der Waals surface area (Å²) in [7, 11) is 1.62. The zero-order valence-corrected chi connectivity index (χ0v) is 14.5. The fraction of sp³-hybridized carbons (Fsp3) is 0.444. The molecule has 0 aromatic carbocycles. The lowest BCUT2D eigenvalue weighted by Gasteiger charge is -2.27. The van der Waals surface area contributed by atoms with Crippen LogP contribution in [0.1, 0.15) is 33.9 Å². The Morgan fingerprint density at radius 1 is 1.36 bits per heavy atom. The summed E-state index contributed by atoms with van der Waals surface area (Å²) in [5.74, 6) is -0.214. The molecule has 25 heavy (non-hydrogen) atoms. The highest BCUT2D eigenvalue weighted by molar-refractivity contribution is 5.92. The number of hydrogen-bond acceptors (Lipinski definition) is 5. The third-order valence-corrected chi connectivity index (χ3v) is 4.45. The van der Waals surface area contributed by atoms with E-state index in [0.717, 1.165) is 29.8 Å². The maximum atomic E-state index is 12.3. The van der Waals surface area contributed by atoms with E-state index in [1.807, 2.05) is 13.0 Å². The third kappa shape index (κ3) is 3.93. The van der Waals surface area contributed by atoms with Crippen molar-refractivity contribution in [2.45, 2.75) is 38.8 Å². The number of carbonyl (C=O) groups excluding carboxylic acids is 1. The van der Waals surface area contributed by atoms with E-state index < -0.39 is 0 Å². The zero-order chi connectivity index (χ0) is 17.8. The van der Waals surface area contributed by atoms with Gasteiger partial charge in [0.2, 0.25) is 0 Å².